The smallest absolute Gasteiger partial charge is 0.413 e. The number of aromatic carboxylic acids is 1. The summed E-state index contributed by atoms with van der Waals surface area (Å²) in [6.07, 6.45) is -0.703. The van der Waals surface area contributed by atoms with Crippen LogP contribution in [0.25, 0.3) is 10.4 Å². The molecule has 0 saturated heterocycles. The van der Waals surface area contributed by atoms with Crippen molar-refractivity contribution in [3.63, 3.8) is 0 Å². The number of hydrogen-bond donors (Lipinski definition) is 2. The third-order valence-electron chi connectivity index (χ3n) is 3.60. The van der Waals surface area contributed by atoms with Crippen LogP contribution < -0.4 is 10.1 Å². The highest BCUT2D eigenvalue weighted by Gasteiger charge is 2.20. The number of carbonyl (C=O) groups is 2. The Morgan fingerprint density at radius 2 is 1.81 bits per heavy atom. The largest absolute Gasteiger partial charge is 0.497 e. The number of methoxy groups -OCH3 is 1. The molecule has 0 aliphatic rings. The van der Waals surface area contributed by atoms with Gasteiger partial charge in [0, 0.05) is 0 Å². The summed E-state index contributed by atoms with van der Waals surface area (Å²) in [6.45, 7) is 0.106. The zero-order valence-electron chi connectivity index (χ0n) is 14.3. The number of nitrogens with zero attached hydrogens (tertiary/aromatic N) is 1. The maximum atomic E-state index is 12.0. The Morgan fingerprint density at radius 1 is 1.11 bits per heavy atom. The Bertz CT molecular complexity index is 938. The van der Waals surface area contributed by atoms with E-state index in [9.17, 15) is 14.7 Å². The number of benzene rings is 2. The molecule has 3 rings (SSSR count). The van der Waals surface area contributed by atoms with Crippen molar-refractivity contribution in [2.24, 2.45) is 0 Å². The van der Waals surface area contributed by atoms with Gasteiger partial charge in [-0.1, -0.05) is 41.7 Å². The topological polar surface area (TPSA) is 97.8 Å². The van der Waals surface area contributed by atoms with Crippen molar-refractivity contribution >= 4 is 28.5 Å². The van der Waals surface area contributed by atoms with Crippen molar-refractivity contribution in [1.82, 2.24) is 4.98 Å². The molecule has 0 aliphatic carbocycles. The summed E-state index contributed by atoms with van der Waals surface area (Å²) in [5, 5.41) is 12.0. The van der Waals surface area contributed by atoms with Gasteiger partial charge in [0.1, 0.15) is 12.4 Å². The van der Waals surface area contributed by atoms with E-state index in [4.69, 9.17) is 9.47 Å². The van der Waals surface area contributed by atoms with Gasteiger partial charge >= 0.3 is 12.1 Å². The lowest BCUT2D eigenvalue weighted by atomic mass is 10.1. The average Bonchev–Trinajstić information content (AvgIpc) is 3.11. The standard InChI is InChI=1S/C19H16N2O5S/c1-25-14-9-7-13(8-10-14)16-15(17(22)23)20-18(27-16)21-19(24)26-11-12-5-3-2-4-6-12/h2-10H,11H2,1H3,(H,22,23)(H,20,21,24). The minimum absolute atomic E-state index is 0.106. The van der Waals surface area contributed by atoms with Crippen molar-refractivity contribution in [2.45, 2.75) is 6.61 Å². The van der Waals surface area contributed by atoms with Crippen LogP contribution in [0.4, 0.5) is 9.93 Å². The van der Waals surface area contributed by atoms with Crippen LogP contribution >= 0.6 is 11.3 Å². The number of carboxylic acids is 1. The Kier molecular flexibility index (Phi) is 5.68. The number of amides is 1. The molecule has 0 fully saturated rings. The van der Waals surface area contributed by atoms with Gasteiger partial charge in [0.2, 0.25) is 0 Å². The van der Waals surface area contributed by atoms with Crippen molar-refractivity contribution < 1.29 is 24.2 Å². The number of aromatic nitrogens is 1. The SMILES string of the molecule is COc1ccc(-c2sc(NC(=O)OCc3ccccc3)nc2C(=O)O)cc1. The minimum atomic E-state index is -1.18. The zero-order valence-corrected chi connectivity index (χ0v) is 15.2. The lowest BCUT2D eigenvalue weighted by Crippen LogP contribution is -2.13. The summed E-state index contributed by atoms with van der Waals surface area (Å²) in [7, 11) is 1.55. The first kappa shape index (κ1) is 18.4. The third kappa shape index (κ3) is 4.62. The third-order valence-corrected chi connectivity index (χ3v) is 4.62. The van der Waals surface area contributed by atoms with Crippen molar-refractivity contribution in [3.05, 3.63) is 65.9 Å². The van der Waals surface area contributed by atoms with Crippen molar-refractivity contribution in [2.75, 3.05) is 12.4 Å². The summed E-state index contributed by atoms with van der Waals surface area (Å²) < 4.78 is 10.2. The van der Waals surface area contributed by atoms with E-state index >= 15 is 0 Å². The molecule has 3 aromatic rings. The lowest BCUT2D eigenvalue weighted by molar-refractivity contribution is 0.0692. The summed E-state index contributed by atoms with van der Waals surface area (Å²) in [5.41, 5.74) is 1.37. The Labute approximate surface area is 159 Å². The molecule has 0 atom stereocenters. The maximum absolute atomic E-state index is 12.0. The minimum Gasteiger partial charge on any atom is -0.497 e. The van der Waals surface area contributed by atoms with Crippen LogP contribution in [0.1, 0.15) is 16.1 Å². The van der Waals surface area contributed by atoms with Gasteiger partial charge in [0.15, 0.2) is 10.8 Å². The number of anilines is 1. The van der Waals surface area contributed by atoms with Crippen LogP contribution in [-0.2, 0) is 11.3 Å². The number of carboxylic acid groups (broad SMARTS) is 1. The number of rotatable bonds is 6. The van der Waals surface area contributed by atoms with Gasteiger partial charge in [-0.05, 0) is 35.4 Å². The van der Waals surface area contributed by atoms with Gasteiger partial charge in [-0.25, -0.2) is 14.6 Å². The first-order valence-electron chi connectivity index (χ1n) is 7.93. The molecule has 0 spiro atoms. The molecule has 1 amide bonds. The van der Waals surface area contributed by atoms with E-state index in [2.05, 4.69) is 10.3 Å². The van der Waals surface area contributed by atoms with Crippen LogP contribution in [-0.4, -0.2) is 29.3 Å². The van der Waals surface area contributed by atoms with Crippen LogP contribution in [0.3, 0.4) is 0 Å². The zero-order chi connectivity index (χ0) is 19.2. The summed E-state index contributed by atoms with van der Waals surface area (Å²) in [4.78, 5) is 27.9. The van der Waals surface area contributed by atoms with Crippen molar-refractivity contribution in [3.8, 4) is 16.2 Å². The van der Waals surface area contributed by atoms with E-state index in [-0.39, 0.29) is 17.4 Å². The van der Waals surface area contributed by atoms with Crippen molar-refractivity contribution in [1.29, 1.82) is 0 Å². The van der Waals surface area contributed by atoms with Gasteiger partial charge in [-0.2, -0.15) is 0 Å². The molecular weight excluding hydrogens is 368 g/mol. The quantitative estimate of drug-likeness (QED) is 0.659. The molecule has 27 heavy (non-hydrogen) atoms. The second kappa shape index (κ2) is 8.33. The van der Waals surface area contributed by atoms with Gasteiger partial charge in [-0.3, -0.25) is 5.32 Å². The summed E-state index contributed by atoms with van der Waals surface area (Å²) >= 11 is 1.06. The molecule has 8 heteroatoms. The predicted octanol–water partition coefficient (Wildman–Crippen LogP) is 4.27. The van der Waals surface area contributed by atoms with Gasteiger partial charge < -0.3 is 14.6 Å². The monoisotopic (exact) mass is 384 g/mol. The fourth-order valence-electron chi connectivity index (χ4n) is 2.30. The van der Waals surface area contributed by atoms with Crippen LogP contribution in [0.5, 0.6) is 5.75 Å². The van der Waals surface area contributed by atoms with Gasteiger partial charge in [0.05, 0.1) is 12.0 Å². The highest BCUT2D eigenvalue weighted by atomic mass is 32.1. The lowest BCUT2D eigenvalue weighted by Gasteiger charge is -2.04. The number of ether oxygens (including phenoxy) is 2. The van der Waals surface area contributed by atoms with Crippen LogP contribution in [0.2, 0.25) is 0 Å². The van der Waals surface area contributed by atoms with Gasteiger partial charge in [0.25, 0.3) is 0 Å². The normalized spacial score (nSPS) is 10.3. The molecule has 0 unspecified atom stereocenters. The Balaban J connectivity index is 1.74. The predicted molar refractivity (Wildman–Crippen MR) is 101 cm³/mol. The number of carbonyl (C=O) groups excluding carboxylic acids is 1. The summed E-state index contributed by atoms with van der Waals surface area (Å²) in [6, 6.07) is 16.1. The molecule has 0 saturated carbocycles. The maximum Gasteiger partial charge on any atom is 0.413 e. The number of hydrogen-bond acceptors (Lipinski definition) is 6. The highest BCUT2D eigenvalue weighted by molar-refractivity contribution is 7.19. The summed E-state index contributed by atoms with van der Waals surface area (Å²) in [5.74, 6) is -0.522. The van der Waals surface area contributed by atoms with E-state index in [0.29, 0.717) is 16.2 Å². The molecule has 0 aliphatic heterocycles. The average molecular weight is 384 g/mol. The Hall–Kier alpha value is -3.39. The molecule has 138 valence electrons. The second-order valence-electron chi connectivity index (χ2n) is 5.42. The molecule has 0 radical (unpaired) electrons. The molecule has 1 heterocycles. The van der Waals surface area contributed by atoms with E-state index in [0.717, 1.165) is 16.9 Å². The first-order valence-corrected chi connectivity index (χ1v) is 8.74. The molecule has 7 nitrogen and oxygen atoms in total. The fourth-order valence-corrected chi connectivity index (χ4v) is 3.25. The van der Waals surface area contributed by atoms with Gasteiger partial charge in [-0.15, -0.1) is 0 Å². The molecule has 2 aromatic carbocycles. The van der Waals surface area contributed by atoms with Crippen LogP contribution in [0.15, 0.2) is 54.6 Å². The molecule has 1 aromatic heterocycles. The molecule has 0 bridgehead atoms. The number of nitrogens with one attached hydrogen (secondary N) is 1. The van der Waals surface area contributed by atoms with E-state index in [1.54, 1.807) is 31.4 Å². The molecule has 2 N–H and O–H groups in total. The highest BCUT2D eigenvalue weighted by Crippen LogP contribution is 2.34. The Morgan fingerprint density at radius 3 is 2.44 bits per heavy atom. The van der Waals surface area contributed by atoms with E-state index < -0.39 is 12.1 Å². The first-order chi connectivity index (χ1) is 13.1. The molecular formula is C19H16N2O5S. The second-order valence-corrected chi connectivity index (χ2v) is 6.42. The fraction of sp³-hybridized carbons (Fsp3) is 0.105. The van der Waals surface area contributed by atoms with E-state index in [1.807, 2.05) is 30.3 Å². The number of thiazole rings is 1. The van der Waals surface area contributed by atoms with E-state index in [1.165, 1.54) is 0 Å². The van der Waals surface area contributed by atoms with Crippen LogP contribution in [0, 0.1) is 0 Å².